The van der Waals surface area contributed by atoms with Crippen molar-refractivity contribution in [2.75, 3.05) is 33.7 Å². The highest BCUT2D eigenvalue weighted by atomic mass is 19.1. The molecule has 5 nitrogen and oxygen atoms in total. The molecule has 1 amide bonds. The number of aromatic nitrogens is 2. The number of carbonyl (C=O) groups is 1. The first-order valence-corrected chi connectivity index (χ1v) is 8.28. The predicted molar refractivity (Wildman–Crippen MR) is 90.7 cm³/mol. The molecule has 0 N–H and O–H groups in total. The van der Waals surface area contributed by atoms with Gasteiger partial charge in [-0.3, -0.25) is 4.79 Å². The molecule has 3 rings (SSSR count). The van der Waals surface area contributed by atoms with E-state index in [1.165, 1.54) is 12.1 Å². The Morgan fingerprint density at radius 1 is 1.21 bits per heavy atom. The van der Waals surface area contributed by atoms with E-state index in [2.05, 4.69) is 24.1 Å². The third-order valence-electron chi connectivity index (χ3n) is 4.42. The topological polar surface area (TPSA) is 41.4 Å². The molecule has 1 aromatic carbocycles. The molecule has 24 heavy (non-hydrogen) atoms. The van der Waals surface area contributed by atoms with Gasteiger partial charge in [-0.2, -0.15) is 5.10 Å². The van der Waals surface area contributed by atoms with Crippen molar-refractivity contribution in [3.8, 4) is 5.69 Å². The molecular formula is C18H23FN4O. The van der Waals surface area contributed by atoms with Crippen LogP contribution in [0.15, 0.2) is 36.5 Å². The molecule has 0 spiro atoms. The number of likely N-dealkylation sites (tertiary alicyclic amines) is 1. The summed E-state index contributed by atoms with van der Waals surface area (Å²) < 4.78 is 14.6. The number of piperidine rings is 1. The van der Waals surface area contributed by atoms with Gasteiger partial charge in [0, 0.05) is 25.8 Å². The number of hydrogen-bond acceptors (Lipinski definition) is 3. The van der Waals surface area contributed by atoms with E-state index in [9.17, 15) is 9.18 Å². The molecule has 1 saturated heterocycles. The Morgan fingerprint density at radius 3 is 2.50 bits per heavy atom. The van der Waals surface area contributed by atoms with Gasteiger partial charge in [0.25, 0.3) is 5.91 Å². The van der Waals surface area contributed by atoms with Crippen molar-refractivity contribution in [2.24, 2.45) is 5.92 Å². The molecule has 0 atom stereocenters. The van der Waals surface area contributed by atoms with Gasteiger partial charge in [0.05, 0.1) is 5.69 Å². The van der Waals surface area contributed by atoms with Crippen molar-refractivity contribution in [1.29, 1.82) is 0 Å². The van der Waals surface area contributed by atoms with Gasteiger partial charge in [-0.15, -0.1) is 0 Å². The highest BCUT2D eigenvalue weighted by molar-refractivity contribution is 5.92. The Kier molecular flexibility index (Phi) is 4.94. The number of halogens is 1. The summed E-state index contributed by atoms with van der Waals surface area (Å²) in [5.41, 5.74) is 1.17. The van der Waals surface area contributed by atoms with Crippen molar-refractivity contribution in [3.63, 3.8) is 0 Å². The van der Waals surface area contributed by atoms with Crippen molar-refractivity contribution < 1.29 is 9.18 Å². The summed E-state index contributed by atoms with van der Waals surface area (Å²) in [7, 11) is 4.17. The van der Waals surface area contributed by atoms with E-state index in [1.54, 1.807) is 29.1 Å². The summed E-state index contributed by atoms with van der Waals surface area (Å²) in [5, 5.41) is 4.35. The highest BCUT2D eigenvalue weighted by Crippen LogP contribution is 2.19. The van der Waals surface area contributed by atoms with E-state index in [-0.39, 0.29) is 11.7 Å². The first-order valence-electron chi connectivity index (χ1n) is 8.28. The maximum absolute atomic E-state index is 13.0. The second-order valence-electron chi connectivity index (χ2n) is 6.62. The van der Waals surface area contributed by atoms with Gasteiger partial charge in [-0.05, 0) is 63.2 Å². The van der Waals surface area contributed by atoms with Crippen molar-refractivity contribution in [1.82, 2.24) is 19.6 Å². The van der Waals surface area contributed by atoms with Crippen LogP contribution in [0.3, 0.4) is 0 Å². The van der Waals surface area contributed by atoms with E-state index < -0.39 is 0 Å². The molecule has 2 heterocycles. The average Bonchev–Trinajstić information content (AvgIpc) is 3.05. The monoisotopic (exact) mass is 330 g/mol. The molecule has 0 bridgehead atoms. The van der Waals surface area contributed by atoms with E-state index in [4.69, 9.17) is 0 Å². The normalized spacial score (nSPS) is 15.9. The third kappa shape index (κ3) is 3.82. The van der Waals surface area contributed by atoms with Gasteiger partial charge in [0.1, 0.15) is 5.82 Å². The minimum Gasteiger partial charge on any atom is -0.337 e. The zero-order valence-electron chi connectivity index (χ0n) is 14.2. The Balaban J connectivity index is 1.63. The number of rotatable bonds is 4. The molecule has 1 aliphatic heterocycles. The predicted octanol–water partition coefficient (Wildman–Crippen LogP) is 2.43. The molecule has 128 valence electrons. The van der Waals surface area contributed by atoms with Crippen LogP contribution in [0.1, 0.15) is 23.3 Å². The van der Waals surface area contributed by atoms with Gasteiger partial charge < -0.3 is 9.80 Å². The zero-order chi connectivity index (χ0) is 17.1. The van der Waals surface area contributed by atoms with Crippen molar-refractivity contribution in [2.45, 2.75) is 12.8 Å². The van der Waals surface area contributed by atoms with E-state index in [1.807, 2.05) is 4.90 Å². The highest BCUT2D eigenvalue weighted by Gasteiger charge is 2.25. The van der Waals surface area contributed by atoms with Crippen LogP contribution >= 0.6 is 0 Å². The summed E-state index contributed by atoms with van der Waals surface area (Å²) in [6.45, 7) is 2.63. The number of benzene rings is 1. The summed E-state index contributed by atoms with van der Waals surface area (Å²) in [6.07, 6.45) is 3.80. The average molecular weight is 330 g/mol. The first-order chi connectivity index (χ1) is 11.5. The Morgan fingerprint density at radius 2 is 1.88 bits per heavy atom. The van der Waals surface area contributed by atoms with Crippen LogP contribution < -0.4 is 0 Å². The number of hydrogen-bond donors (Lipinski definition) is 0. The summed E-state index contributed by atoms with van der Waals surface area (Å²) in [4.78, 5) is 16.7. The van der Waals surface area contributed by atoms with Crippen molar-refractivity contribution in [3.05, 3.63) is 48.0 Å². The lowest BCUT2D eigenvalue weighted by Crippen LogP contribution is -2.40. The van der Waals surface area contributed by atoms with Crippen LogP contribution in [0.4, 0.5) is 4.39 Å². The lowest BCUT2D eigenvalue weighted by atomic mass is 9.96. The molecular weight excluding hydrogens is 307 g/mol. The first kappa shape index (κ1) is 16.6. The van der Waals surface area contributed by atoms with Crippen LogP contribution in [-0.2, 0) is 0 Å². The summed E-state index contributed by atoms with van der Waals surface area (Å²) in [5.74, 6) is 0.336. The minimum atomic E-state index is -0.289. The van der Waals surface area contributed by atoms with E-state index >= 15 is 0 Å². The van der Waals surface area contributed by atoms with Gasteiger partial charge in [-0.25, -0.2) is 9.07 Å². The van der Waals surface area contributed by atoms with Crippen LogP contribution in [0.25, 0.3) is 5.69 Å². The van der Waals surface area contributed by atoms with Crippen molar-refractivity contribution >= 4 is 5.91 Å². The molecule has 1 aliphatic rings. The molecule has 0 saturated carbocycles. The Bertz CT molecular complexity index is 687. The van der Waals surface area contributed by atoms with Gasteiger partial charge >= 0.3 is 0 Å². The smallest absolute Gasteiger partial charge is 0.274 e. The molecule has 0 radical (unpaired) electrons. The minimum absolute atomic E-state index is 0.0286. The van der Waals surface area contributed by atoms with Gasteiger partial charge in [0.15, 0.2) is 5.69 Å². The zero-order valence-corrected chi connectivity index (χ0v) is 14.2. The summed E-state index contributed by atoms with van der Waals surface area (Å²) >= 11 is 0. The SMILES string of the molecule is CN(C)CC1CCN(C(=O)c2ccn(-c3ccc(F)cc3)n2)CC1. The second-order valence-corrected chi connectivity index (χ2v) is 6.62. The largest absolute Gasteiger partial charge is 0.337 e. The molecule has 1 aromatic heterocycles. The lowest BCUT2D eigenvalue weighted by Gasteiger charge is -2.32. The quantitative estimate of drug-likeness (QED) is 0.864. The Labute approximate surface area is 141 Å². The molecule has 1 fully saturated rings. The molecule has 6 heteroatoms. The summed E-state index contributed by atoms with van der Waals surface area (Å²) in [6, 6.07) is 7.77. The standard InChI is InChI=1S/C18H23FN4O/c1-21(2)13-14-7-10-22(11-8-14)18(24)17-9-12-23(20-17)16-5-3-15(19)4-6-16/h3-6,9,12,14H,7-8,10-11,13H2,1-2H3. The van der Waals surface area contributed by atoms with Crippen LogP contribution in [0, 0.1) is 11.7 Å². The lowest BCUT2D eigenvalue weighted by molar-refractivity contribution is 0.0671. The van der Waals surface area contributed by atoms with Gasteiger partial charge in [-0.1, -0.05) is 0 Å². The van der Waals surface area contributed by atoms with E-state index in [0.29, 0.717) is 11.6 Å². The van der Waals surface area contributed by atoms with Crippen LogP contribution in [0.5, 0.6) is 0 Å². The fourth-order valence-corrected chi connectivity index (χ4v) is 3.17. The number of carbonyl (C=O) groups excluding carboxylic acids is 1. The fraction of sp³-hybridized carbons (Fsp3) is 0.444. The second kappa shape index (κ2) is 7.13. The van der Waals surface area contributed by atoms with Crippen LogP contribution in [-0.4, -0.2) is 59.2 Å². The maximum Gasteiger partial charge on any atom is 0.274 e. The van der Waals surface area contributed by atoms with E-state index in [0.717, 1.165) is 38.2 Å². The third-order valence-corrected chi connectivity index (χ3v) is 4.42. The molecule has 0 unspecified atom stereocenters. The molecule has 2 aromatic rings. The Hall–Kier alpha value is -2.21. The fourth-order valence-electron chi connectivity index (χ4n) is 3.17. The van der Waals surface area contributed by atoms with Gasteiger partial charge in [0.2, 0.25) is 0 Å². The molecule has 0 aliphatic carbocycles. The number of amides is 1. The van der Waals surface area contributed by atoms with Crippen LogP contribution in [0.2, 0.25) is 0 Å². The maximum atomic E-state index is 13.0. The number of nitrogens with zero attached hydrogens (tertiary/aromatic N) is 4.